The van der Waals surface area contributed by atoms with Crippen LogP contribution in [-0.2, 0) is 9.53 Å². The van der Waals surface area contributed by atoms with Gasteiger partial charge >= 0.3 is 0 Å². The summed E-state index contributed by atoms with van der Waals surface area (Å²) in [7, 11) is 1.65. The minimum absolute atomic E-state index is 0.151. The smallest absolute Gasteiger partial charge is 0.236 e. The quantitative estimate of drug-likeness (QED) is 0.672. The van der Waals surface area contributed by atoms with Crippen LogP contribution in [0.4, 0.5) is 0 Å². The van der Waals surface area contributed by atoms with Gasteiger partial charge in [0.1, 0.15) is 12.4 Å². The molecule has 134 valence electrons. The Morgan fingerprint density at radius 3 is 2.67 bits per heavy atom. The highest BCUT2D eigenvalue weighted by Crippen LogP contribution is 2.22. The van der Waals surface area contributed by atoms with Crippen molar-refractivity contribution >= 4 is 17.5 Å². The number of carbonyl (C=O) groups is 1. The molecule has 1 saturated heterocycles. The third-order valence-corrected chi connectivity index (χ3v) is 4.30. The maximum atomic E-state index is 12.1. The molecule has 1 aliphatic heterocycles. The van der Waals surface area contributed by atoms with Crippen LogP contribution in [-0.4, -0.2) is 81.8 Å². The van der Waals surface area contributed by atoms with Gasteiger partial charge < -0.3 is 19.7 Å². The molecule has 0 atom stereocenters. The van der Waals surface area contributed by atoms with E-state index in [1.807, 2.05) is 29.2 Å². The number of nitrogens with one attached hydrogen (secondary N) is 1. The van der Waals surface area contributed by atoms with Crippen molar-refractivity contribution in [2.45, 2.75) is 0 Å². The second kappa shape index (κ2) is 10.5. The van der Waals surface area contributed by atoms with Gasteiger partial charge in [0.2, 0.25) is 5.91 Å². The lowest BCUT2D eigenvalue weighted by Crippen LogP contribution is -2.51. The topological polar surface area (TPSA) is 54.0 Å². The van der Waals surface area contributed by atoms with E-state index in [2.05, 4.69) is 10.2 Å². The highest BCUT2D eigenvalue weighted by atomic mass is 35.5. The molecule has 0 saturated carbocycles. The van der Waals surface area contributed by atoms with Crippen molar-refractivity contribution in [3.05, 3.63) is 29.3 Å². The predicted molar refractivity (Wildman–Crippen MR) is 94.7 cm³/mol. The van der Waals surface area contributed by atoms with Crippen LogP contribution in [0.1, 0.15) is 0 Å². The summed E-state index contributed by atoms with van der Waals surface area (Å²) in [6.45, 7) is 6.38. The van der Waals surface area contributed by atoms with Gasteiger partial charge in [0.25, 0.3) is 0 Å². The number of para-hydroxylation sites is 1. The summed E-state index contributed by atoms with van der Waals surface area (Å²) in [4.78, 5) is 16.3. The maximum Gasteiger partial charge on any atom is 0.236 e. The number of carbonyl (C=O) groups excluding carboxylic acids is 1. The summed E-state index contributed by atoms with van der Waals surface area (Å²) >= 11 is 6.06. The van der Waals surface area contributed by atoms with Gasteiger partial charge in [-0.1, -0.05) is 23.7 Å². The second-order valence-corrected chi connectivity index (χ2v) is 6.08. The number of methoxy groups -OCH3 is 1. The van der Waals surface area contributed by atoms with Crippen molar-refractivity contribution in [3.8, 4) is 5.75 Å². The first-order valence-corrected chi connectivity index (χ1v) is 8.65. The van der Waals surface area contributed by atoms with Crippen LogP contribution in [0.25, 0.3) is 0 Å². The Bertz CT molecular complexity index is 508. The Kier molecular flexibility index (Phi) is 8.32. The highest BCUT2D eigenvalue weighted by molar-refractivity contribution is 6.32. The molecular formula is C17H26ClN3O3. The average molecular weight is 356 g/mol. The molecule has 1 amide bonds. The van der Waals surface area contributed by atoms with Crippen LogP contribution in [0, 0.1) is 0 Å². The molecule has 1 fully saturated rings. The van der Waals surface area contributed by atoms with E-state index in [1.54, 1.807) is 7.11 Å². The van der Waals surface area contributed by atoms with Gasteiger partial charge in [0.05, 0.1) is 18.2 Å². The van der Waals surface area contributed by atoms with Crippen LogP contribution in [0.15, 0.2) is 24.3 Å². The summed E-state index contributed by atoms with van der Waals surface area (Å²) in [5, 5.41) is 3.72. The Morgan fingerprint density at radius 2 is 1.96 bits per heavy atom. The first kappa shape index (κ1) is 19.0. The first-order chi connectivity index (χ1) is 11.7. The van der Waals surface area contributed by atoms with E-state index in [1.165, 1.54) is 0 Å². The van der Waals surface area contributed by atoms with Crippen molar-refractivity contribution in [1.82, 2.24) is 15.1 Å². The minimum Gasteiger partial charge on any atom is -0.491 e. The molecule has 0 radical (unpaired) electrons. The zero-order valence-electron chi connectivity index (χ0n) is 14.2. The number of rotatable bonds is 9. The normalized spacial score (nSPS) is 15.5. The van der Waals surface area contributed by atoms with Gasteiger partial charge in [-0.2, -0.15) is 0 Å². The average Bonchev–Trinajstić information content (AvgIpc) is 2.61. The summed E-state index contributed by atoms with van der Waals surface area (Å²) in [6, 6.07) is 7.49. The van der Waals surface area contributed by atoms with Gasteiger partial charge in [0, 0.05) is 46.4 Å². The molecule has 0 spiro atoms. The predicted octanol–water partition coefficient (Wildman–Crippen LogP) is 1.10. The molecule has 7 heteroatoms. The molecule has 1 aromatic rings. The van der Waals surface area contributed by atoms with Crippen molar-refractivity contribution < 1.29 is 14.3 Å². The Morgan fingerprint density at radius 1 is 1.21 bits per heavy atom. The Hall–Kier alpha value is -1.34. The van der Waals surface area contributed by atoms with Crippen LogP contribution >= 0.6 is 11.6 Å². The number of hydrogen-bond acceptors (Lipinski definition) is 5. The van der Waals surface area contributed by atoms with Crippen LogP contribution in [0.2, 0.25) is 5.02 Å². The molecule has 0 unspecified atom stereocenters. The van der Waals surface area contributed by atoms with Gasteiger partial charge in [-0.25, -0.2) is 0 Å². The number of piperazine rings is 1. The first-order valence-electron chi connectivity index (χ1n) is 8.28. The minimum atomic E-state index is 0.151. The third kappa shape index (κ3) is 6.28. The molecule has 1 heterocycles. The third-order valence-electron chi connectivity index (χ3n) is 3.99. The van der Waals surface area contributed by atoms with Crippen LogP contribution in [0.5, 0.6) is 5.75 Å². The van der Waals surface area contributed by atoms with Crippen molar-refractivity contribution in [2.75, 3.05) is 66.1 Å². The largest absolute Gasteiger partial charge is 0.491 e. The van der Waals surface area contributed by atoms with E-state index in [4.69, 9.17) is 21.1 Å². The Labute approximate surface area is 148 Å². The van der Waals surface area contributed by atoms with E-state index in [0.29, 0.717) is 31.3 Å². The molecule has 1 aliphatic rings. The summed E-state index contributed by atoms with van der Waals surface area (Å²) < 4.78 is 10.7. The van der Waals surface area contributed by atoms with Gasteiger partial charge in [-0.3, -0.25) is 9.69 Å². The molecule has 0 bridgehead atoms. The fourth-order valence-corrected chi connectivity index (χ4v) is 2.74. The summed E-state index contributed by atoms with van der Waals surface area (Å²) in [5.41, 5.74) is 0. The maximum absolute atomic E-state index is 12.1. The van der Waals surface area contributed by atoms with Crippen molar-refractivity contribution in [2.24, 2.45) is 0 Å². The number of halogens is 1. The number of benzene rings is 1. The second-order valence-electron chi connectivity index (χ2n) is 5.67. The SMILES string of the molecule is COCCNCC(=O)N1CCN(CCOc2ccccc2Cl)CC1. The van der Waals surface area contributed by atoms with E-state index in [-0.39, 0.29) is 5.91 Å². The number of hydrogen-bond donors (Lipinski definition) is 1. The summed E-state index contributed by atoms with van der Waals surface area (Å²) in [5.74, 6) is 0.869. The van der Waals surface area contributed by atoms with Crippen LogP contribution in [0.3, 0.4) is 0 Å². The van der Waals surface area contributed by atoms with Gasteiger partial charge in [-0.05, 0) is 12.1 Å². The molecule has 6 nitrogen and oxygen atoms in total. The molecule has 0 aliphatic carbocycles. The summed E-state index contributed by atoms with van der Waals surface area (Å²) in [6.07, 6.45) is 0. The zero-order valence-corrected chi connectivity index (χ0v) is 14.9. The molecule has 24 heavy (non-hydrogen) atoms. The van der Waals surface area contributed by atoms with Crippen LogP contribution < -0.4 is 10.1 Å². The monoisotopic (exact) mass is 355 g/mol. The number of ether oxygens (including phenoxy) is 2. The lowest BCUT2D eigenvalue weighted by molar-refractivity contribution is -0.132. The standard InChI is InChI=1S/C17H26ClN3O3/c1-23-12-6-19-14-17(22)21-9-7-20(8-10-21)11-13-24-16-5-3-2-4-15(16)18/h2-5,19H,6-14H2,1H3. The highest BCUT2D eigenvalue weighted by Gasteiger charge is 2.20. The molecule has 1 N–H and O–H groups in total. The molecule has 2 rings (SSSR count). The molecule has 0 aromatic heterocycles. The molecule has 1 aromatic carbocycles. The fourth-order valence-electron chi connectivity index (χ4n) is 2.55. The van der Waals surface area contributed by atoms with Gasteiger partial charge in [0.15, 0.2) is 0 Å². The van der Waals surface area contributed by atoms with Gasteiger partial charge in [-0.15, -0.1) is 0 Å². The van der Waals surface area contributed by atoms with E-state index in [9.17, 15) is 4.79 Å². The lowest BCUT2D eigenvalue weighted by atomic mass is 10.3. The van der Waals surface area contributed by atoms with E-state index in [0.717, 1.165) is 38.5 Å². The van der Waals surface area contributed by atoms with E-state index >= 15 is 0 Å². The lowest BCUT2D eigenvalue weighted by Gasteiger charge is -2.34. The number of amides is 1. The molecular weight excluding hydrogens is 330 g/mol. The van der Waals surface area contributed by atoms with Crippen molar-refractivity contribution in [3.63, 3.8) is 0 Å². The number of nitrogens with zero attached hydrogens (tertiary/aromatic N) is 2. The Balaban J connectivity index is 1.60. The van der Waals surface area contributed by atoms with Crippen molar-refractivity contribution in [1.29, 1.82) is 0 Å². The van der Waals surface area contributed by atoms with E-state index < -0.39 is 0 Å². The zero-order chi connectivity index (χ0) is 17.2. The fraction of sp³-hybridized carbons (Fsp3) is 0.588.